The highest BCUT2D eigenvalue weighted by molar-refractivity contribution is 9.10. The van der Waals surface area contributed by atoms with Crippen LogP contribution in [0.25, 0.3) is 0 Å². The van der Waals surface area contributed by atoms with Gasteiger partial charge in [-0.3, -0.25) is 9.36 Å². The summed E-state index contributed by atoms with van der Waals surface area (Å²) in [6.07, 6.45) is 3.17. The Kier molecular flexibility index (Phi) is 3.41. The maximum absolute atomic E-state index is 11.8. The van der Waals surface area contributed by atoms with E-state index < -0.39 is 0 Å². The zero-order chi connectivity index (χ0) is 11.7. The Morgan fingerprint density at radius 3 is 2.88 bits per heavy atom. The molecule has 0 bridgehead atoms. The first-order valence-electron chi connectivity index (χ1n) is 4.40. The molecule has 7 heteroatoms. The largest absolute Gasteiger partial charge is 0.291 e. The zero-order valence-electron chi connectivity index (χ0n) is 8.28. The molecule has 0 amide bonds. The minimum atomic E-state index is -0.1000. The Balaban J connectivity index is 2.42. The average molecular weight is 321 g/mol. The van der Waals surface area contributed by atoms with E-state index >= 15 is 0 Å². The predicted molar refractivity (Wildman–Crippen MR) is 67.2 cm³/mol. The van der Waals surface area contributed by atoms with Gasteiger partial charge in [0.05, 0.1) is 6.54 Å². The van der Waals surface area contributed by atoms with Crippen LogP contribution in [0.15, 0.2) is 21.7 Å². The van der Waals surface area contributed by atoms with Gasteiger partial charge < -0.3 is 0 Å². The Morgan fingerprint density at radius 1 is 1.50 bits per heavy atom. The Hall–Kier alpha value is -0.720. The second-order valence-corrected chi connectivity index (χ2v) is 5.68. The normalized spacial score (nSPS) is 10.7. The van der Waals surface area contributed by atoms with Gasteiger partial charge in [0.25, 0.3) is 5.56 Å². The third kappa shape index (κ3) is 2.34. The van der Waals surface area contributed by atoms with Crippen LogP contribution in [0.3, 0.4) is 0 Å². The van der Waals surface area contributed by atoms with Gasteiger partial charge in [-0.15, -0.1) is 11.3 Å². The molecular formula is C9H7BrClN3OS. The molecule has 0 aromatic carbocycles. The molecule has 0 unspecified atom stereocenters. The molecule has 2 aromatic heterocycles. The van der Waals surface area contributed by atoms with Crippen LogP contribution in [0.5, 0.6) is 0 Å². The van der Waals surface area contributed by atoms with Crippen molar-refractivity contribution in [2.24, 2.45) is 0 Å². The summed E-state index contributed by atoms with van der Waals surface area (Å²) in [5.41, 5.74) is -0.1000. The van der Waals surface area contributed by atoms with Crippen molar-refractivity contribution in [3.8, 4) is 0 Å². The van der Waals surface area contributed by atoms with E-state index in [2.05, 4.69) is 25.9 Å². The lowest BCUT2D eigenvalue weighted by atomic mass is 10.4. The Bertz CT molecular complexity index is 580. The van der Waals surface area contributed by atoms with Gasteiger partial charge in [-0.2, -0.15) is 0 Å². The van der Waals surface area contributed by atoms with E-state index in [1.54, 1.807) is 17.7 Å². The highest BCUT2D eigenvalue weighted by Crippen LogP contribution is 2.18. The van der Waals surface area contributed by atoms with Crippen molar-refractivity contribution in [2.45, 2.75) is 13.5 Å². The van der Waals surface area contributed by atoms with Crippen LogP contribution >= 0.6 is 38.9 Å². The molecular weight excluding hydrogens is 314 g/mol. The van der Waals surface area contributed by atoms with E-state index in [-0.39, 0.29) is 5.56 Å². The van der Waals surface area contributed by atoms with Crippen LogP contribution < -0.4 is 5.56 Å². The van der Waals surface area contributed by atoms with Gasteiger partial charge in [0, 0.05) is 17.3 Å². The van der Waals surface area contributed by atoms with E-state index in [0.29, 0.717) is 21.3 Å². The van der Waals surface area contributed by atoms with E-state index in [4.69, 9.17) is 11.6 Å². The standard InChI is InChI=1S/C9H7BrClN3OS/c1-5-12-3-7(10)8(15)14(5)4-6-2-13-9(11)16-6/h2-3H,4H2,1H3. The summed E-state index contributed by atoms with van der Waals surface area (Å²) in [5.74, 6) is 0.665. The van der Waals surface area contributed by atoms with Crippen molar-refractivity contribution < 1.29 is 0 Å². The molecule has 0 aliphatic heterocycles. The number of rotatable bonds is 2. The minimum Gasteiger partial charge on any atom is -0.291 e. The molecule has 84 valence electrons. The van der Waals surface area contributed by atoms with Crippen LogP contribution in [0.1, 0.15) is 10.7 Å². The lowest BCUT2D eigenvalue weighted by Gasteiger charge is -2.07. The van der Waals surface area contributed by atoms with Crippen molar-refractivity contribution in [3.63, 3.8) is 0 Å². The van der Waals surface area contributed by atoms with Gasteiger partial charge in [0.15, 0.2) is 4.47 Å². The first kappa shape index (κ1) is 11.8. The fraction of sp³-hybridized carbons (Fsp3) is 0.222. The maximum Gasteiger partial charge on any atom is 0.268 e. The third-order valence-electron chi connectivity index (χ3n) is 2.04. The summed E-state index contributed by atoms with van der Waals surface area (Å²) in [7, 11) is 0. The lowest BCUT2D eigenvalue weighted by Crippen LogP contribution is -2.24. The van der Waals surface area contributed by atoms with Crippen LogP contribution in [0.4, 0.5) is 0 Å². The van der Waals surface area contributed by atoms with Crippen LogP contribution in [-0.4, -0.2) is 14.5 Å². The summed E-state index contributed by atoms with van der Waals surface area (Å²) in [4.78, 5) is 20.8. The smallest absolute Gasteiger partial charge is 0.268 e. The van der Waals surface area contributed by atoms with E-state index in [9.17, 15) is 4.79 Å². The summed E-state index contributed by atoms with van der Waals surface area (Å²) in [6.45, 7) is 2.23. The van der Waals surface area contributed by atoms with Gasteiger partial charge in [0.1, 0.15) is 10.3 Å². The first-order valence-corrected chi connectivity index (χ1v) is 6.39. The SMILES string of the molecule is Cc1ncc(Br)c(=O)n1Cc1cnc(Cl)s1. The fourth-order valence-electron chi connectivity index (χ4n) is 1.25. The van der Waals surface area contributed by atoms with Crippen molar-refractivity contribution in [1.82, 2.24) is 14.5 Å². The van der Waals surface area contributed by atoms with Crippen LogP contribution in [0, 0.1) is 6.92 Å². The summed E-state index contributed by atoms with van der Waals surface area (Å²) in [6, 6.07) is 0. The Labute approximate surface area is 109 Å². The molecule has 0 N–H and O–H groups in total. The third-order valence-corrected chi connectivity index (χ3v) is 3.69. The molecule has 2 rings (SSSR count). The average Bonchev–Trinajstić information content (AvgIpc) is 2.65. The van der Waals surface area contributed by atoms with Crippen molar-refractivity contribution >= 4 is 38.9 Å². The number of halogens is 2. The summed E-state index contributed by atoms with van der Waals surface area (Å²) >= 11 is 10.3. The maximum atomic E-state index is 11.8. The molecule has 0 saturated carbocycles. The minimum absolute atomic E-state index is 0.1000. The molecule has 0 aliphatic rings. The van der Waals surface area contributed by atoms with Crippen LogP contribution in [0.2, 0.25) is 4.47 Å². The molecule has 0 fully saturated rings. The van der Waals surface area contributed by atoms with Crippen molar-refractivity contribution in [1.29, 1.82) is 0 Å². The van der Waals surface area contributed by atoms with E-state index in [1.807, 2.05) is 0 Å². The number of hydrogen-bond acceptors (Lipinski definition) is 4. The molecule has 0 radical (unpaired) electrons. The topological polar surface area (TPSA) is 47.8 Å². The molecule has 0 saturated heterocycles. The van der Waals surface area contributed by atoms with Gasteiger partial charge in [-0.1, -0.05) is 11.6 Å². The second kappa shape index (κ2) is 4.65. The number of aromatic nitrogens is 3. The zero-order valence-corrected chi connectivity index (χ0v) is 11.4. The summed E-state index contributed by atoms with van der Waals surface area (Å²) < 4.78 is 2.51. The second-order valence-electron chi connectivity index (χ2n) is 3.12. The van der Waals surface area contributed by atoms with Crippen molar-refractivity contribution in [3.05, 3.63) is 42.4 Å². The molecule has 0 aliphatic carbocycles. The molecule has 0 atom stereocenters. The van der Waals surface area contributed by atoms with Crippen LogP contribution in [-0.2, 0) is 6.54 Å². The molecule has 4 nitrogen and oxygen atoms in total. The van der Waals surface area contributed by atoms with Gasteiger partial charge in [-0.05, 0) is 22.9 Å². The fourth-order valence-corrected chi connectivity index (χ4v) is 2.53. The molecule has 2 heterocycles. The molecule has 2 aromatic rings. The predicted octanol–water partition coefficient (Wildman–Crippen LogP) is 2.47. The summed E-state index contributed by atoms with van der Waals surface area (Å²) in [5, 5.41) is 0. The Morgan fingerprint density at radius 2 is 2.25 bits per heavy atom. The van der Waals surface area contributed by atoms with Gasteiger partial charge in [-0.25, -0.2) is 9.97 Å². The molecule has 16 heavy (non-hydrogen) atoms. The number of nitrogens with zero attached hydrogens (tertiary/aromatic N) is 3. The van der Waals surface area contributed by atoms with E-state index in [0.717, 1.165) is 4.88 Å². The highest BCUT2D eigenvalue weighted by Gasteiger charge is 2.07. The first-order chi connectivity index (χ1) is 7.58. The van der Waals surface area contributed by atoms with Gasteiger partial charge in [0.2, 0.25) is 0 Å². The number of hydrogen-bond donors (Lipinski definition) is 0. The highest BCUT2D eigenvalue weighted by atomic mass is 79.9. The number of thiazole rings is 1. The lowest BCUT2D eigenvalue weighted by molar-refractivity contribution is 0.702. The number of aryl methyl sites for hydroxylation is 1. The quantitative estimate of drug-likeness (QED) is 0.854. The van der Waals surface area contributed by atoms with E-state index in [1.165, 1.54) is 17.5 Å². The van der Waals surface area contributed by atoms with Gasteiger partial charge >= 0.3 is 0 Å². The monoisotopic (exact) mass is 319 g/mol. The molecule has 0 spiro atoms. The van der Waals surface area contributed by atoms with Crippen molar-refractivity contribution in [2.75, 3.05) is 0 Å².